The van der Waals surface area contributed by atoms with E-state index in [0.29, 0.717) is 22.3 Å². The van der Waals surface area contributed by atoms with E-state index in [1.807, 2.05) is 19.1 Å². The summed E-state index contributed by atoms with van der Waals surface area (Å²) < 4.78 is 4.98. The van der Waals surface area contributed by atoms with Gasteiger partial charge >= 0.3 is 5.97 Å². The van der Waals surface area contributed by atoms with Crippen LogP contribution in [0, 0.1) is 6.92 Å². The second kappa shape index (κ2) is 6.94. The molecule has 0 unspecified atom stereocenters. The molecule has 0 atom stereocenters. The molecular formula is C14H16N4O2S. The van der Waals surface area contributed by atoms with Crippen molar-refractivity contribution >= 4 is 28.1 Å². The molecule has 2 aromatic rings. The first-order valence-corrected chi connectivity index (χ1v) is 7.28. The van der Waals surface area contributed by atoms with E-state index >= 15 is 0 Å². The number of aryl methyl sites for hydroxylation is 1. The largest absolute Gasteiger partial charge is 0.462 e. The van der Waals surface area contributed by atoms with Gasteiger partial charge in [0.15, 0.2) is 0 Å². The second-order valence-corrected chi connectivity index (χ2v) is 5.20. The summed E-state index contributed by atoms with van der Waals surface area (Å²) in [4.78, 5) is 20.4. The molecule has 0 aliphatic rings. The SMILES string of the molecule is CCOC(=O)c1sc(N/N=C(\C)c2ccncc2)nc1C. The normalized spacial score (nSPS) is 11.3. The molecule has 0 bridgehead atoms. The van der Waals surface area contributed by atoms with E-state index in [1.165, 1.54) is 11.3 Å². The van der Waals surface area contributed by atoms with Crippen LogP contribution in [-0.4, -0.2) is 28.3 Å². The highest BCUT2D eigenvalue weighted by Gasteiger charge is 2.16. The van der Waals surface area contributed by atoms with E-state index in [-0.39, 0.29) is 5.97 Å². The predicted octanol–water partition coefficient (Wildman–Crippen LogP) is 2.86. The van der Waals surface area contributed by atoms with Gasteiger partial charge in [-0.3, -0.25) is 10.4 Å². The number of esters is 1. The fourth-order valence-corrected chi connectivity index (χ4v) is 2.42. The maximum Gasteiger partial charge on any atom is 0.350 e. The Labute approximate surface area is 126 Å². The lowest BCUT2D eigenvalue weighted by Crippen LogP contribution is -2.03. The van der Waals surface area contributed by atoms with Gasteiger partial charge in [-0.1, -0.05) is 11.3 Å². The number of aromatic nitrogens is 2. The number of nitrogens with one attached hydrogen (secondary N) is 1. The molecule has 0 spiro atoms. The van der Waals surface area contributed by atoms with Gasteiger partial charge in [-0.15, -0.1) is 0 Å². The summed E-state index contributed by atoms with van der Waals surface area (Å²) in [6.07, 6.45) is 3.42. The molecule has 110 valence electrons. The van der Waals surface area contributed by atoms with Gasteiger partial charge < -0.3 is 4.74 Å². The smallest absolute Gasteiger partial charge is 0.350 e. The minimum Gasteiger partial charge on any atom is -0.462 e. The quantitative estimate of drug-likeness (QED) is 0.522. The number of anilines is 1. The first kappa shape index (κ1) is 15.1. The molecule has 0 saturated heterocycles. The summed E-state index contributed by atoms with van der Waals surface area (Å²) in [7, 11) is 0. The average molecular weight is 304 g/mol. The Bertz CT molecular complexity index is 652. The Kier molecular flexibility index (Phi) is 4.99. The van der Waals surface area contributed by atoms with E-state index in [0.717, 1.165) is 11.3 Å². The highest BCUT2D eigenvalue weighted by atomic mass is 32.1. The third-order valence-electron chi connectivity index (χ3n) is 2.67. The number of thiazole rings is 1. The zero-order valence-electron chi connectivity index (χ0n) is 12.1. The lowest BCUT2D eigenvalue weighted by Gasteiger charge is -2.00. The van der Waals surface area contributed by atoms with Crippen molar-refractivity contribution in [2.45, 2.75) is 20.8 Å². The lowest BCUT2D eigenvalue weighted by molar-refractivity contribution is 0.0531. The summed E-state index contributed by atoms with van der Waals surface area (Å²) in [5.41, 5.74) is 5.28. The van der Waals surface area contributed by atoms with E-state index in [2.05, 4.69) is 20.5 Å². The number of hydrazone groups is 1. The predicted molar refractivity (Wildman–Crippen MR) is 82.9 cm³/mol. The fourth-order valence-electron chi connectivity index (χ4n) is 1.62. The van der Waals surface area contributed by atoms with Crippen molar-refractivity contribution in [1.29, 1.82) is 0 Å². The van der Waals surface area contributed by atoms with Gasteiger partial charge in [0.2, 0.25) is 5.13 Å². The Morgan fingerprint density at radius 3 is 2.81 bits per heavy atom. The highest BCUT2D eigenvalue weighted by molar-refractivity contribution is 7.17. The zero-order valence-corrected chi connectivity index (χ0v) is 12.9. The fraction of sp³-hybridized carbons (Fsp3) is 0.286. The standard InChI is InChI=1S/C14H16N4O2S/c1-4-20-13(19)12-10(3)16-14(21-12)18-17-9(2)11-5-7-15-8-6-11/h5-8H,4H2,1-3H3,(H,16,18)/b17-9+. The third kappa shape index (κ3) is 3.85. The van der Waals surface area contributed by atoms with Crippen LogP contribution in [0.2, 0.25) is 0 Å². The van der Waals surface area contributed by atoms with Crippen molar-refractivity contribution in [2.75, 3.05) is 12.0 Å². The first-order chi connectivity index (χ1) is 10.1. The molecule has 2 aromatic heterocycles. The Hall–Kier alpha value is -2.28. The van der Waals surface area contributed by atoms with E-state index in [1.54, 1.807) is 26.2 Å². The summed E-state index contributed by atoms with van der Waals surface area (Å²) in [5.74, 6) is -0.351. The van der Waals surface area contributed by atoms with Crippen LogP contribution in [-0.2, 0) is 4.74 Å². The van der Waals surface area contributed by atoms with Crippen LogP contribution in [0.4, 0.5) is 5.13 Å². The number of hydrogen-bond acceptors (Lipinski definition) is 7. The maximum absolute atomic E-state index is 11.7. The van der Waals surface area contributed by atoms with Crippen molar-refractivity contribution in [2.24, 2.45) is 5.10 Å². The topological polar surface area (TPSA) is 76.5 Å². The minimum atomic E-state index is -0.351. The summed E-state index contributed by atoms with van der Waals surface area (Å²) in [5, 5.41) is 4.82. The first-order valence-electron chi connectivity index (χ1n) is 6.47. The van der Waals surface area contributed by atoms with Crippen LogP contribution in [0.5, 0.6) is 0 Å². The monoisotopic (exact) mass is 304 g/mol. The van der Waals surface area contributed by atoms with Gasteiger partial charge in [0.05, 0.1) is 18.0 Å². The lowest BCUT2D eigenvalue weighted by atomic mass is 10.2. The van der Waals surface area contributed by atoms with Crippen LogP contribution in [0.15, 0.2) is 29.6 Å². The van der Waals surface area contributed by atoms with Crippen LogP contribution < -0.4 is 5.43 Å². The van der Waals surface area contributed by atoms with Crippen LogP contribution in [0.1, 0.15) is 34.8 Å². The van der Waals surface area contributed by atoms with Gasteiger partial charge in [0.25, 0.3) is 0 Å². The number of rotatable bonds is 5. The molecular weight excluding hydrogens is 288 g/mol. The van der Waals surface area contributed by atoms with Crippen molar-refractivity contribution in [1.82, 2.24) is 9.97 Å². The number of hydrogen-bond donors (Lipinski definition) is 1. The van der Waals surface area contributed by atoms with Gasteiger partial charge in [-0.2, -0.15) is 5.10 Å². The summed E-state index contributed by atoms with van der Waals surface area (Å²) in [6, 6.07) is 3.75. The molecule has 0 fully saturated rings. The van der Waals surface area contributed by atoms with Crippen LogP contribution >= 0.6 is 11.3 Å². The molecule has 0 aliphatic heterocycles. The minimum absolute atomic E-state index is 0.345. The van der Waals surface area contributed by atoms with Crippen LogP contribution in [0.25, 0.3) is 0 Å². The molecule has 21 heavy (non-hydrogen) atoms. The summed E-state index contributed by atoms with van der Waals surface area (Å²) in [6.45, 7) is 5.77. The molecule has 0 saturated carbocycles. The molecule has 0 aromatic carbocycles. The molecule has 0 radical (unpaired) electrons. The Morgan fingerprint density at radius 1 is 1.43 bits per heavy atom. The highest BCUT2D eigenvalue weighted by Crippen LogP contribution is 2.23. The Morgan fingerprint density at radius 2 is 2.14 bits per heavy atom. The van der Waals surface area contributed by atoms with Crippen LogP contribution in [0.3, 0.4) is 0 Å². The molecule has 2 heterocycles. The zero-order chi connectivity index (χ0) is 15.2. The average Bonchev–Trinajstić information content (AvgIpc) is 2.87. The number of nitrogens with zero attached hydrogens (tertiary/aromatic N) is 3. The van der Waals surface area contributed by atoms with Crippen molar-refractivity contribution in [3.05, 3.63) is 40.7 Å². The van der Waals surface area contributed by atoms with Crippen molar-refractivity contribution < 1.29 is 9.53 Å². The molecule has 2 rings (SSSR count). The van der Waals surface area contributed by atoms with Gasteiger partial charge in [-0.25, -0.2) is 9.78 Å². The molecule has 7 heteroatoms. The van der Waals surface area contributed by atoms with E-state index in [4.69, 9.17) is 4.74 Å². The molecule has 0 amide bonds. The van der Waals surface area contributed by atoms with E-state index in [9.17, 15) is 4.79 Å². The van der Waals surface area contributed by atoms with Gasteiger partial charge in [-0.05, 0) is 32.9 Å². The van der Waals surface area contributed by atoms with Gasteiger partial charge in [0.1, 0.15) is 4.88 Å². The molecule has 6 nitrogen and oxygen atoms in total. The number of ether oxygens (including phenoxy) is 1. The third-order valence-corrected chi connectivity index (χ3v) is 3.72. The Balaban J connectivity index is 2.10. The maximum atomic E-state index is 11.7. The molecule has 0 aliphatic carbocycles. The van der Waals surface area contributed by atoms with Crippen molar-refractivity contribution in [3.63, 3.8) is 0 Å². The summed E-state index contributed by atoms with van der Waals surface area (Å²) >= 11 is 1.23. The molecule has 1 N–H and O–H groups in total. The van der Waals surface area contributed by atoms with Crippen molar-refractivity contribution in [3.8, 4) is 0 Å². The van der Waals surface area contributed by atoms with Gasteiger partial charge in [0, 0.05) is 18.0 Å². The number of carbonyl (C=O) groups excluding carboxylic acids is 1. The van der Waals surface area contributed by atoms with E-state index < -0.39 is 0 Å². The number of carbonyl (C=O) groups is 1. The number of pyridine rings is 1. The second-order valence-electron chi connectivity index (χ2n) is 4.20.